The lowest BCUT2D eigenvalue weighted by molar-refractivity contribution is 1.18. The minimum atomic E-state index is 1.16. The van der Waals surface area contributed by atoms with Gasteiger partial charge in [0.2, 0.25) is 0 Å². The predicted molar refractivity (Wildman–Crippen MR) is 227 cm³/mol. The average Bonchev–Trinajstić information content (AvgIpc) is 3.57. The Kier molecular flexibility index (Phi) is 6.62. The van der Waals surface area contributed by atoms with Gasteiger partial charge in [0.15, 0.2) is 0 Å². The van der Waals surface area contributed by atoms with E-state index in [9.17, 15) is 0 Å². The number of hydrogen-bond donors (Lipinski definition) is 0. The fraction of sp³-hybridized carbons (Fsp3) is 0. The molecule has 11 aromatic rings. The third-order valence-corrected chi connectivity index (χ3v) is 11.1. The molecule has 1 heteroatoms. The number of nitrogens with zero attached hydrogens (tertiary/aromatic N) is 1. The molecule has 10 aromatic carbocycles. The van der Waals surface area contributed by atoms with Crippen LogP contribution in [0.1, 0.15) is 0 Å². The molecule has 0 N–H and O–H groups in total. The molecule has 1 heterocycles. The zero-order valence-corrected chi connectivity index (χ0v) is 29.0. The van der Waals surface area contributed by atoms with E-state index in [2.05, 4.69) is 205 Å². The molecule has 0 aliphatic rings. The highest BCUT2D eigenvalue weighted by atomic mass is 15.0. The fourth-order valence-electron chi connectivity index (χ4n) is 8.75. The van der Waals surface area contributed by atoms with Gasteiger partial charge < -0.3 is 4.57 Å². The molecule has 0 radical (unpaired) electrons. The third kappa shape index (κ3) is 4.64. The van der Waals surface area contributed by atoms with Crippen LogP contribution < -0.4 is 0 Å². The molecule has 1 nitrogen and oxygen atoms in total. The molecular formula is C52H33N. The van der Waals surface area contributed by atoms with Gasteiger partial charge in [0.25, 0.3) is 0 Å². The molecule has 0 fully saturated rings. The lowest BCUT2D eigenvalue weighted by Gasteiger charge is -2.18. The first-order valence-corrected chi connectivity index (χ1v) is 18.3. The summed E-state index contributed by atoms with van der Waals surface area (Å²) in [5, 5.41) is 12.8. The van der Waals surface area contributed by atoms with Gasteiger partial charge in [0, 0.05) is 16.5 Å². The van der Waals surface area contributed by atoms with E-state index in [-0.39, 0.29) is 0 Å². The van der Waals surface area contributed by atoms with Gasteiger partial charge in [-0.1, -0.05) is 164 Å². The van der Waals surface area contributed by atoms with Crippen molar-refractivity contribution in [2.45, 2.75) is 0 Å². The van der Waals surface area contributed by atoms with Crippen LogP contribution >= 0.6 is 0 Å². The van der Waals surface area contributed by atoms with Crippen LogP contribution in [0.25, 0.3) is 104 Å². The second kappa shape index (κ2) is 11.8. The smallest absolute Gasteiger partial charge is 0.0547 e. The Labute approximate surface area is 307 Å². The topological polar surface area (TPSA) is 4.93 Å². The Morgan fingerprint density at radius 2 is 0.736 bits per heavy atom. The first-order chi connectivity index (χ1) is 26.3. The van der Waals surface area contributed by atoms with Gasteiger partial charge >= 0.3 is 0 Å². The van der Waals surface area contributed by atoms with Crippen molar-refractivity contribution < 1.29 is 0 Å². The molecule has 53 heavy (non-hydrogen) atoms. The van der Waals surface area contributed by atoms with Crippen molar-refractivity contribution >= 4 is 64.9 Å². The Morgan fingerprint density at radius 1 is 0.264 bits per heavy atom. The van der Waals surface area contributed by atoms with E-state index in [0.717, 1.165) is 5.69 Å². The van der Waals surface area contributed by atoms with Gasteiger partial charge in [-0.2, -0.15) is 0 Å². The maximum Gasteiger partial charge on any atom is 0.0547 e. The molecule has 246 valence electrons. The number of para-hydroxylation sites is 1. The molecular weight excluding hydrogens is 639 g/mol. The predicted octanol–water partition coefficient (Wildman–Crippen LogP) is 14.4. The lowest BCUT2D eigenvalue weighted by atomic mass is 9.86. The minimum absolute atomic E-state index is 1.16. The van der Waals surface area contributed by atoms with E-state index in [1.54, 1.807) is 0 Å². The van der Waals surface area contributed by atoms with Crippen LogP contribution in [0, 0.1) is 0 Å². The second-order valence-electron chi connectivity index (χ2n) is 14.1. The molecule has 0 amide bonds. The summed E-state index contributed by atoms with van der Waals surface area (Å²) in [5.74, 6) is 0. The van der Waals surface area contributed by atoms with E-state index in [0.29, 0.717) is 0 Å². The summed E-state index contributed by atoms with van der Waals surface area (Å²) in [6.45, 7) is 0. The Bertz CT molecular complexity index is 3130. The number of aromatic nitrogens is 1. The van der Waals surface area contributed by atoms with E-state index in [4.69, 9.17) is 0 Å². The van der Waals surface area contributed by atoms with E-state index in [1.807, 2.05) is 0 Å². The van der Waals surface area contributed by atoms with Crippen LogP contribution in [0.3, 0.4) is 0 Å². The summed E-state index contributed by atoms with van der Waals surface area (Å²) in [4.78, 5) is 0. The van der Waals surface area contributed by atoms with Crippen molar-refractivity contribution in [2.75, 3.05) is 0 Å². The van der Waals surface area contributed by atoms with Gasteiger partial charge in [-0.05, 0) is 113 Å². The van der Waals surface area contributed by atoms with Gasteiger partial charge in [-0.3, -0.25) is 0 Å². The Balaban J connectivity index is 1.01. The second-order valence-corrected chi connectivity index (χ2v) is 14.1. The maximum absolute atomic E-state index is 2.42. The zero-order chi connectivity index (χ0) is 34.9. The number of fused-ring (bicyclic) bond motifs is 8. The summed E-state index contributed by atoms with van der Waals surface area (Å²) in [7, 11) is 0. The average molecular weight is 672 g/mol. The maximum atomic E-state index is 2.42. The van der Waals surface area contributed by atoms with Crippen molar-refractivity contribution in [2.24, 2.45) is 0 Å². The van der Waals surface area contributed by atoms with E-state index >= 15 is 0 Å². The third-order valence-electron chi connectivity index (χ3n) is 11.1. The summed E-state index contributed by atoms with van der Waals surface area (Å²) in [5.41, 5.74) is 11.1. The SMILES string of the molecule is c1ccc(-c2c3ccccc3c(-c3ccc(-c4ccc(-n5c6ccccc6c6c7cc8ccccc8cc7ccc65)cc4)cc3)c3ccccc23)cc1. The van der Waals surface area contributed by atoms with Crippen LogP contribution in [0.4, 0.5) is 0 Å². The minimum Gasteiger partial charge on any atom is -0.309 e. The highest BCUT2D eigenvalue weighted by molar-refractivity contribution is 6.23. The molecule has 0 aliphatic heterocycles. The van der Waals surface area contributed by atoms with Crippen molar-refractivity contribution in [3.63, 3.8) is 0 Å². The molecule has 0 bridgehead atoms. The highest BCUT2D eigenvalue weighted by Crippen LogP contribution is 2.44. The number of rotatable bonds is 4. The Morgan fingerprint density at radius 3 is 1.36 bits per heavy atom. The molecule has 0 spiro atoms. The first kappa shape index (κ1) is 29.7. The monoisotopic (exact) mass is 671 g/mol. The van der Waals surface area contributed by atoms with Crippen LogP contribution in [0.2, 0.25) is 0 Å². The molecule has 0 saturated heterocycles. The standard InChI is InChI=1S/C52H33N/c1-2-12-36(13-3-1)50-42-16-6-8-18-44(42)51(45-19-9-7-17-43(45)50)37-24-22-34(23-25-37)35-26-29-41(30-27-35)53-48-21-11-10-20-46(48)52-47-33-39-15-5-4-14-38(39)32-40(47)28-31-49(52)53/h1-33H. The first-order valence-electron chi connectivity index (χ1n) is 18.3. The quantitative estimate of drug-likeness (QED) is 0.164. The van der Waals surface area contributed by atoms with E-state index < -0.39 is 0 Å². The molecule has 0 aliphatic carbocycles. The zero-order valence-electron chi connectivity index (χ0n) is 29.0. The normalized spacial score (nSPS) is 11.8. The lowest BCUT2D eigenvalue weighted by Crippen LogP contribution is -1.94. The summed E-state index contributed by atoms with van der Waals surface area (Å²) < 4.78 is 2.42. The largest absolute Gasteiger partial charge is 0.309 e. The van der Waals surface area contributed by atoms with Gasteiger partial charge in [0.1, 0.15) is 0 Å². The molecule has 0 atom stereocenters. The van der Waals surface area contributed by atoms with Gasteiger partial charge in [0.05, 0.1) is 11.0 Å². The van der Waals surface area contributed by atoms with Crippen molar-refractivity contribution in [1.29, 1.82) is 0 Å². The molecule has 1 aromatic heterocycles. The van der Waals surface area contributed by atoms with Crippen molar-refractivity contribution in [3.8, 4) is 39.1 Å². The molecule has 11 rings (SSSR count). The van der Waals surface area contributed by atoms with Crippen LogP contribution in [0.15, 0.2) is 200 Å². The Hall–Kier alpha value is -6.96. The van der Waals surface area contributed by atoms with Crippen LogP contribution in [0.5, 0.6) is 0 Å². The molecule has 0 saturated carbocycles. The summed E-state index contributed by atoms with van der Waals surface area (Å²) in [6, 6.07) is 73.4. The number of hydrogen-bond acceptors (Lipinski definition) is 0. The van der Waals surface area contributed by atoms with Gasteiger partial charge in [-0.15, -0.1) is 0 Å². The molecule has 0 unspecified atom stereocenters. The fourth-order valence-corrected chi connectivity index (χ4v) is 8.75. The summed E-state index contributed by atoms with van der Waals surface area (Å²) >= 11 is 0. The van der Waals surface area contributed by atoms with Gasteiger partial charge in [-0.25, -0.2) is 0 Å². The van der Waals surface area contributed by atoms with Crippen molar-refractivity contribution in [3.05, 3.63) is 200 Å². The number of benzene rings is 10. The van der Waals surface area contributed by atoms with Crippen LogP contribution in [-0.4, -0.2) is 4.57 Å². The highest BCUT2D eigenvalue weighted by Gasteiger charge is 2.18. The van der Waals surface area contributed by atoms with Crippen LogP contribution in [-0.2, 0) is 0 Å². The van der Waals surface area contributed by atoms with Crippen molar-refractivity contribution in [1.82, 2.24) is 4.57 Å². The summed E-state index contributed by atoms with van der Waals surface area (Å²) in [6.07, 6.45) is 0. The van der Waals surface area contributed by atoms with E-state index in [1.165, 1.54) is 98.3 Å².